The van der Waals surface area contributed by atoms with E-state index in [0.29, 0.717) is 11.3 Å². The van der Waals surface area contributed by atoms with Gasteiger partial charge < -0.3 is 10.2 Å². The third-order valence-electron chi connectivity index (χ3n) is 3.07. The van der Waals surface area contributed by atoms with Gasteiger partial charge in [0, 0.05) is 30.8 Å². The highest BCUT2D eigenvalue weighted by Gasteiger charge is 2.20. The lowest BCUT2D eigenvalue weighted by molar-refractivity contribution is 0.0773. The van der Waals surface area contributed by atoms with Gasteiger partial charge in [0.05, 0.1) is 11.3 Å². The van der Waals surface area contributed by atoms with Crippen molar-refractivity contribution < 1.29 is 4.79 Å². The molecule has 0 aromatic heterocycles. The van der Waals surface area contributed by atoms with E-state index in [1.54, 1.807) is 36.4 Å². The third kappa shape index (κ3) is 3.77. The van der Waals surface area contributed by atoms with Crippen LogP contribution in [0.25, 0.3) is 0 Å². The van der Waals surface area contributed by atoms with E-state index in [9.17, 15) is 4.79 Å². The summed E-state index contributed by atoms with van der Waals surface area (Å²) in [7, 11) is 0. The number of amides is 1. The summed E-state index contributed by atoms with van der Waals surface area (Å²) in [6, 6.07) is 10.7. The van der Waals surface area contributed by atoms with E-state index in [1.165, 1.54) is 6.20 Å². The summed E-state index contributed by atoms with van der Waals surface area (Å²) in [5, 5.41) is 20.3. The van der Waals surface area contributed by atoms with Crippen LogP contribution in [0.1, 0.15) is 10.4 Å². The SMILES string of the molecule is N#CC(C#N)=CNc1ccccc1C(=O)N1CCSCC1. The maximum absolute atomic E-state index is 12.5. The molecule has 0 saturated carbocycles. The van der Waals surface area contributed by atoms with Crippen LogP contribution < -0.4 is 5.32 Å². The van der Waals surface area contributed by atoms with Crippen LogP contribution in [0, 0.1) is 22.7 Å². The number of hydrogen-bond donors (Lipinski definition) is 1. The van der Waals surface area contributed by atoms with Gasteiger partial charge in [-0.05, 0) is 12.1 Å². The predicted octanol–water partition coefficient (Wildman–Crippen LogP) is 2.22. The molecule has 1 aliphatic heterocycles. The van der Waals surface area contributed by atoms with E-state index < -0.39 is 0 Å². The summed E-state index contributed by atoms with van der Waals surface area (Å²) in [5.41, 5.74) is 1.12. The lowest BCUT2D eigenvalue weighted by Crippen LogP contribution is -2.38. The summed E-state index contributed by atoms with van der Waals surface area (Å²) in [6.07, 6.45) is 1.32. The zero-order valence-electron chi connectivity index (χ0n) is 11.4. The van der Waals surface area contributed by atoms with Crippen LogP contribution in [-0.4, -0.2) is 35.4 Å². The Morgan fingerprint density at radius 3 is 2.57 bits per heavy atom. The van der Waals surface area contributed by atoms with Gasteiger partial charge in [-0.25, -0.2) is 0 Å². The zero-order valence-corrected chi connectivity index (χ0v) is 12.2. The van der Waals surface area contributed by atoms with Crippen LogP contribution in [-0.2, 0) is 0 Å². The maximum Gasteiger partial charge on any atom is 0.256 e. The molecule has 1 heterocycles. The fourth-order valence-corrected chi connectivity index (χ4v) is 2.87. The number of hydrogen-bond acceptors (Lipinski definition) is 5. The standard InChI is InChI=1S/C15H14N4OS/c16-9-12(10-17)11-18-14-4-2-1-3-13(14)15(20)19-5-7-21-8-6-19/h1-4,11,18H,5-8H2. The van der Waals surface area contributed by atoms with E-state index >= 15 is 0 Å². The zero-order chi connectivity index (χ0) is 15.1. The predicted molar refractivity (Wildman–Crippen MR) is 82.6 cm³/mol. The number of carbonyl (C=O) groups is 1. The Kier molecular flexibility index (Phi) is 5.25. The Morgan fingerprint density at radius 2 is 1.90 bits per heavy atom. The van der Waals surface area contributed by atoms with Gasteiger partial charge in [0.25, 0.3) is 5.91 Å². The van der Waals surface area contributed by atoms with Crippen molar-refractivity contribution in [1.82, 2.24) is 4.90 Å². The number of rotatable bonds is 3. The minimum atomic E-state index is -0.0355. The molecular weight excluding hydrogens is 284 g/mol. The first-order valence-electron chi connectivity index (χ1n) is 6.49. The second-order valence-electron chi connectivity index (χ2n) is 4.38. The molecular formula is C15H14N4OS. The van der Waals surface area contributed by atoms with Crippen molar-refractivity contribution >= 4 is 23.4 Å². The molecule has 0 unspecified atom stereocenters. The molecule has 1 aromatic rings. The second-order valence-corrected chi connectivity index (χ2v) is 5.60. The number of benzene rings is 1. The molecule has 1 N–H and O–H groups in total. The number of nitrogens with zero attached hydrogens (tertiary/aromatic N) is 3. The Labute approximate surface area is 127 Å². The average Bonchev–Trinajstić information content (AvgIpc) is 2.56. The highest BCUT2D eigenvalue weighted by molar-refractivity contribution is 7.99. The molecule has 0 aliphatic carbocycles. The molecule has 1 fully saturated rings. The minimum Gasteiger partial charge on any atom is -0.359 e. The van der Waals surface area contributed by atoms with E-state index in [2.05, 4.69) is 5.32 Å². The number of thioether (sulfide) groups is 1. The Balaban J connectivity index is 2.21. The first-order valence-corrected chi connectivity index (χ1v) is 7.64. The smallest absolute Gasteiger partial charge is 0.256 e. The first kappa shape index (κ1) is 15.0. The first-order chi connectivity index (χ1) is 10.3. The quantitative estimate of drug-likeness (QED) is 0.865. The van der Waals surface area contributed by atoms with Gasteiger partial charge in [-0.3, -0.25) is 4.79 Å². The summed E-state index contributed by atoms with van der Waals surface area (Å²) < 4.78 is 0. The molecule has 2 rings (SSSR count). The highest BCUT2D eigenvalue weighted by atomic mass is 32.2. The molecule has 0 radical (unpaired) electrons. The van der Waals surface area contributed by atoms with Crippen molar-refractivity contribution in [2.75, 3.05) is 29.9 Å². The van der Waals surface area contributed by atoms with Gasteiger partial charge in [-0.1, -0.05) is 12.1 Å². The Bertz CT molecular complexity index is 620. The van der Waals surface area contributed by atoms with Crippen molar-refractivity contribution in [2.24, 2.45) is 0 Å². The van der Waals surface area contributed by atoms with E-state index in [4.69, 9.17) is 10.5 Å². The number of nitriles is 2. The fourth-order valence-electron chi connectivity index (χ4n) is 1.97. The monoisotopic (exact) mass is 298 g/mol. The molecule has 0 bridgehead atoms. The van der Waals surface area contributed by atoms with Gasteiger partial charge in [-0.2, -0.15) is 22.3 Å². The normalized spacial score (nSPS) is 13.7. The number of carbonyl (C=O) groups excluding carboxylic acids is 1. The Morgan fingerprint density at radius 1 is 1.24 bits per heavy atom. The van der Waals surface area contributed by atoms with Crippen LogP contribution in [0.3, 0.4) is 0 Å². The molecule has 5 nitrogen and oxygen atoms in total. The van der Waals surface area contributed by atoms with Crippen LogP contribution in [0.4, 0.5) is 5.69 Å². The van der Waals surface area contributed by atoms with Crippen molar-refractivity contribution in [1.29, 1.82) is 10.5 Å². The van der Waals surface area contributed by atoms with Gasteiger partial charge in [0.2, 0.25) is 0 Å². The van der Waals surface area contributed by atoms with E-state index in [1.807, 2.05) is 16.7 Å². The highest BCUT2D eigenvalue weighted by Crippen LogP contribution is 2.20. The number of allylic oxidation sites excluding steroid dienone is 1. The molecule has 21 heavy (non-hydrogen) atoms. The number of para-hydroxylation sites is 1. The topological polar surface area (TPSA) is 79.9 Å². The summed E-state index contributed by atoms with van der Waals surface area (Å²) in [5.74, 6) is 1.88. The molecule has 0 spiro atoms. The summed E-state index contributed by atoms with van der Waals surface area (Å²) >= 11 is 1.84. The van der Waals surface area contributed by atoms with Gasteiger partial charge in [0.15, 0.2) is 0 Å². The Hall–Kier alpha value is -2.44. The lowest BCUT2D eigenvalue weighted by Gasteiger charge is -2.27. The second kappa shape index (κ2) is 7.37. The molecule has 6 heteroatoms. The third-order valence-corrected chi connectivity index (χ3v) is 4.01. The largest absolute Gasteiger partial charge is 0.359 e. The molecule has 1 aliphatic rings. The van der Waals surface area contributed by atoms with Crippen LogP contribution in [0.2, 0.25) is 0 Å². The van der Waals surface area contributed by atoms with Crippen molar-refractivity contribution in [3.63, 3.8) is 0 Å². The van der Waals surface area contributed by atoms with Gasteiger partial charge in [-0.15, -0.1) is 0 Å². The number of nitrogens with one attached hydrogen (secondary N) is 1. The molecule has 106 valence electrons. The van der Waals surface area contributed by atoms with Crippen LogP contribution in [0.15, 0.2) is 36.0 Å². The molecule has 1 amide bonds. The van der Waals surface area contributed by atoms with Crippen molar-refractivity contribution in [3.05, 3.63) is 41.6 Å². The minimum absolute atomic E-state index is 0.0257. The van der Waals surface area contributed by atoms with Gasteiger partial charge in [0.1, 0.15) is 17.7 Å². The molecule has 1 saturated heterocycles. The summed E-state index contributed by atoms with van der Waals surface area (Å²) in [4.78, 5) is 14.4. The van der Waals surface area contributed by atoms with Crippen LogP contribution >= 0.6 is 11.8 Å². The van der Waals surface area contributed by atoms with Gasteiger partial charge >= 0.3 is 0 Å². The average molecular weight is 298 g/mol. The van der Waals surface area contributed by atoms with Crippen molar-refractivity contribution in [2.45, 2.75) is 0 Å². The fraction of sp³-hybridized carbons (Fsp3) is 0.267. The molecule has 1 aromatic carbocycles. The summed E-state index contributed by atoms with van der Waals surface area (Å²) in [6.45, 7) is 1.49. The lowest BCUT2D eigenvalue weighted by atomic mass is 10.1. The number of anilines is 1. The van der Waals surface area contributed by atoms with Crippen LogP contribution in [0.5, 0.6) is 0 Å². The molecule has 0 atom stereocenters. The van der Waals surface area contributed by atoms with Crippen molar-refractivity contribution in [3.8, 4) is 12.1 Å². The van der Waals surface area contributed by atoms with E-state index in [0.717, 1.165) is 24.6 Å². The van der Waals surface area contributed by atoms with E-state index in [-0.39, 0.29) is 11.5 Å². The maximum atomic E-state index is 12.5.